The van der Waals surface area contributed by atoms with E-state index in [2.05, 4.69) is 31.9 Å². The number of methoxy groups -OCH3 is 2. The maximum absolute atomic E-state index is 6.10. The van der Waals surface area contributed by atoms with E-state index in [1.165, 1.54) is 0 Å². The quantitative estimate of drug-likeness (QED) is 0.0476. The molecule has 0 N–H and O–H groups in total. The summed E-state index contributed by atoms with van der Waals surface area (Å²) in [5.41, 5.74) is 9.53. The summed E-state index contributed by atoms with van der Waals surface area (Å²) in [5.74, 6) is 1.42. The van der Waals surface area contributed by atoms with Crippen LogP contribution in [0.4, 0.5) is 0 Å². The molecule has 0 aliphatic carbocycles. The maximum atomic E-state index is 6.10. The summed E-state index contributed by atoms with van der Waals surface area (Å²) in [6.45, 7) is 5.82. The zero-order valence-electron chi connectivity index (χ0n) is 34.2. The third-order valence-electron chi connectivity index (χ3n) is 9.33. The fraction of sp³-hybridized carbons (Fsp3) is 0.304. The Morgan fingerprint density at radius 2 is 0.803 bits per heavy atom. The van der Waals surface area contributed by atoms with Gasteiger partial charge in [-0.2, -0.15) is 0 Å². The SMILES string of the molecule is COCCOCCOCCOc1cccc(-c2c3nc(c(Br)c4ccc([n-]4)c(-c4cccc(OCCOCCOCCOC)c4)c4nc(c(Br)c5ccc2[n-]5)C=C4)C=C3)c1.[Zn+2]. The second-order valence-electron chi connectivity index (χ2n) is 13.4. The van der Waals surface area contributed by atoms with Crippen molar-refractivity contribution in [1.82, 2.24) is 19.9 Å². The van der Waals surface area contributed by atoms with Crippen LogP contribution in [0.2, 0.25) is 0 Å². The van der Waals surface area contributed by atoms with Gasteiger partial charge in [-0.1, -0.05) is 48.5 Å². The van der Waals surface area contributed by atoms with E-state index in [4.69, 9.17) is 57.8 Å². The molecular formula is C46H46Br2N4O8Zn. The molecule has 2 aromatic carbocycles. The van der Waals surface area contributed by atoms with Crippen molar-refractivity contribution in [3.63, 3.8) is 0 Å². The van der Waals surface area contributed by atoms with Crippen molar-refractivity contribution in [2.24, 2.45) is 0 Å². The van der Waals surface area contributed by atoms with E-state index < -0.39 is 0 Å². The Hall–Kier alpha value is -4.02. The summed E-state index contributed by atoms with van der Waals surface area (Å²) in [6, 6.07) is 23.9. The number of ether oxygens (including phenoxy) is 8. The molecule has 0 spiro atoms. The molecule has 2 aliphatic rings. The molecule has 0 atom stereocenters. The second-order valence-corrected chi connectivity index (χ2v) is 15.0. The first-order chi connectivity index (χ1) is 29.5. The summed E-state index contributed by atoms with van der Waals surface area (Å²) < 4.78 is 46.0. The van der Waals surface area contributed by atoms with Gasteiger partial charge in [-0.25, -0.2) is 9.97 Å². The number of hydrogen-bond acceptors (Lipinski definition) is 10. The van der Waals surface area contributed by atoms with Gasteiger partial charge in [0, 0.05) is 23.2 Å². The zero-order chi connectivity index (χ0) is 41.5. The fourth-order valence-electron chi connectivity index (χ4n) is 6.46. The van der Waals surface area contributed by atoms with Crippen molar-refractivity contribution >= 4 is 78.2 Å². The Morgan fingerprint density at radius 3 is 1.21 bits per heavy atom. The molecule has 15 heteroatoms. The fourth-order valence-corrected chi connectivity index (χ4v) is 7.34. The first kappa shape index (κ1) is 46.5. The van der Waals surface area contributed by atoms with Gasteiger partial charge in [-0.3, -0.25) is 0 Å². The molecule has 7 rings (SSSR count). The number of hydrogen-bond donors (Lipinski definition) is 0. The van der Waals surface area contributed by atoms with Crippen LogP contribution in [0.25, 0.3) is 68.6 Å². The molecule has 5 heterocycles. The van der Waals surface area contributed by atoms with Crippen LogP contribution in [0, 0.1) is 0 Å². The van der Waals surface area contributed by atoms with E-state index in [1.54, 1.807) is 14.2 Å². The summed E-state index contributed by atoms with van der Waals surface area (Å²) in [5, 5.41) is 0. The van der Waals surface area contributed by atoms with E-state index in [9.17, 15) is 0 Å². The average Bonchev–Trinajstić information content (AvgIpc) is 4.12. The van der Waals surface area contributed by atoms with Crippen LogP contribution in [-0.4, -0.2) is 103 Å². The Labute approximate surface area is 385 Å². The van der Waals surface area contributed by atoms with Crippen molar-refractivity contribution in [2.45, 2.75) is 0 Å². The Bertz CT molecular complexity index is 2290. The molecule has 2 aliphatic heterocycles. The largest absolute Gasteiger partial charge is 2.00 e. The van der Waals surface area contributed by atoms with Crippen LogP contribution in [0.3, 0.4) is 0 Å². The third kappa shape index (κ3) is 12.6. The summed E-state index contributed by atoms with van der Waals surface area (Å²) in [6.07, 6.45) is 7.99. The number of benzene rings is 2. The van der Waals surface area contributed by atoms with Gasteiger partial charge in [0.1, 0.15) is 24.7 Å². The maximum Gasteiger partial charge on any atom is 2.00 e. The van der Waals surface area contributed by atoms with Crippen LogP contribution in [0.1, 0.15) is 22.8 Å². The van der Waals surface area contributed by atoms with Crippen molar-refractivity contribution in [2.75, 3.05) is 93.5 Å². The van der Waals surface area contributed by atoms with Crippen LogP contribution < -0.4 is 19.4 Å². The smallest absolute Gasteiger partial charge is 0.656 e. The van der Waals surface area contributed by atoms with Gasteiger partial charge in [-0.15, -0.1) is 22.1 Å². The molecule has 0 amide bonds. The van der Waals surface area contributed by atoms with E-state index in [0.29, 0.717) is 90.8 Å². The van der Waals surface area contributed by atoms with Gasteiger partial charge < -0.3 is 47.9 Å². The average molecular weight is 1010 g/mol. The molecule has 0 unspecified atom stereocenters. The topological polar surface area (TPSA) is 128 Å². The molecule has 314 valence electrons. The number of nitrogens with zero attached hydrogens (tertiary/aromatic N) is 4. The van der Waals surface area contributed by atoms with Gasteiger partial charge in [0.15, 0.2) is 0 Å². The molecule has 61 heavy (non-hydrogen) atoms. The van der Waals surface area contributed by atoms with Gasteiger partial charge in [0.25, 0.3) is 0 Å². The molecule has 0 radical (unpaired) electrons. The summed E-state index contributed by atoms with van der Waals surface area (Å²) in [4.78, 5) is 20.5. The Morgan fingerprint density at radius 1 is 0.443 bits per heavy atom. The molecule has 0 fully saturated rings. The minimum Gasteiger partial charge on any atom is -0.656 e. The number of halogens is 2. The van der Waals surface area contributed by atoms with E-state index in [-0.39, 0.29) is 19.5 Å². The van der Waals surface area contributed by atoms with E-state index >= 15 is 0 Å². The van der Waals surface area contributed by atoms with Crippen molar-refractivity contribution in [1.29, 1.82) is 0 Å². The number of rotatable bonds is 22. The molecule has 0 saturated heterocycles. The molecule has 5 aromatic rings. The normalized spacial score (nSPS) is 11.9. The van der Waals surface area contributed by atoms with Crippen molar-refractivity contribution in [3.05, 3.63) is 105 Å². The summed E-state index contributed by atoms with van der Waals surface area (Å²) >= 11 is 7.69. The third-order valence-corrected chi connectivity index (χ3v) is 11.0. The number of fused-ring (bicyclic) bond motifs is 8. The number of aromatic nitrogens is 4. The molecular weight excluding hydrogens is 962 g/mol. The standard InChI is InChI=1S/C46H46Br2N4O8.Zn/c1-53-17-19-55-21-23-57-25-27-59-33-7-3-5-31(29-33)43-35-9-13-39(49-35)45(47)41-15-11-37(51-41)44(38-12-16-42(52-38)46(48)40-14-10-36(43)50-40)32-6-4-8-34(30-32)60-28-26-58-24-22-56-20-18-54-2;/h3-16,29-30H,17-28H2,1-2H3;/q-2;+2. The molecule has 0 saturated carbocycles. The van der Waals surface area contributed by atoms with E-state index in [0.717, 1.165) is 76.0 Å². The second kappa shape index (κ2) is 24.0. The molecule has 3 aromatic heterocycles. The predicted molar refractivity (Wildman–Crippen MR) is 241 cm³/mol. The Kier molecular flexibility index (Phi) is 18.3. The monoisotopic (exact) mass is 1000 g/mol. The van der Waals surface area contributed by atoms with Gasteiger partial charge in [0.05, 0.1) is 88.8 Å². The first-order valence-electron chi connectivity index (χ1n) is 19.6. The Balaban J connectivity index is 0.00000622. The predicted octanol–water partition coefficient (Wildman–Crippen LogP) is 8.89. The van der Waals surface area contributed by atoms with Crippen LogP contribution in [0.5, 0.6) is 11.5 Å². The van der Waals surface area contributed by atoms with Gasteiger partial charge in [-0.05, 0) is 103 Å². The van der Waals surface area contributed by atoms with Crippen LogP contribution >= 0.6 is 31.9 Å². The van der Waals surface area contributed by atoms with Crippen LogP contribution in [0.15, 0.2) is 81.7 Å². The first-order valence-corrected chi connectivity index (χ1v) is 21.2. The van der Waals surface area contributed by atoms with Crippen molar-refractivity contribution < 1.29 is 57.4 Å². The summed E-state index contributed by atoms with van der Waals surface area (Å²) in [7, 11) is 3.30. The van der Waals surface area contributed by atoms with Gasteiger partial charge in [0.2, 0.25) is 0 Å². The zero-order valence-corrected chi connectivity index (χ0v) is 40.4. The molecule has 12 nitrogen and oxygen atoms in total. The van der Waals surface area contributed by atoms with Crippen molar-refractivity contribution in [3.8, 4) is 33.8 Å². The van der Waals surface area contributed by atoms with E-state index in [1.807, 2.05) is 97.1 Å². The molecule has 8 bridgehead atoms. The minimum atomic E-state index is 0. The van der Waals surface area contributed by atoms with Gasteiger partial charge >= 0.3 is 19.5 Å². The minimum absolute atomic E-state index is 0. The van der Waals surface area contributed by atoms with Crippen LogP contribution in [-0.2, 0) is 47.9 Å².